The second-order valence-electron chi connectivity index (χ2n) is 7.35. The molecular formula is C25H24N2O3. The molecule has 2 amide bonds. The topological polar surface area (TPSA) is 58.6 Å². The number of methoxy groups -OCH3 is 1. The van der Waals surface area contributed by atoms with Crippen molar-refractivity contribution in [1.82, 2.24) is 0 Å². The van der Waals surface area contributed by atoms with E-state index in [1.54, 1.807) is 7.11 Å². The van der Waals surface area contributed by atoms with Crippen LogP contribution in [0.15, 0.2) is 72.8 Å². The van der Waals surface area contributed by atoms with Crippen LogP contribution in [0.4, 0.5) is 11.4 Å². The molecule has 0 fully saturated rings. The molecule has 0 saturated carbocycles. The van der Waals surface area contributed by atoms with Crippen molar-refractivity contribution in [2.75, 3.05) is 23.9 Å². The first kappa shape index (κ1) is 19.7. The van der Waals surface area contributed by atoms with E-state index in [2.05, 4.69) is 5.32 Å². The molecule has 0 aromatic heterocycles. The van der Waals surface area contributed by atoms with Gasteiger partial charge in [0.25, 0.3) is 5.91 Å². The van der Waals surface area contributed by atoms with Crippen molar-refractivity contribution >= 4 is 23.2 Å². The Morgan fingerprint density at radius 3 is 2.63 bits per heavy atom. The molecule has 1 aliphatic rings. The zero-order valence-electron chi connectivity index (χ0n) is 16.9. The molecule has 5 nitrogen and oxygen atoms in total. The molecule has 0 atom stereocenters. The van der Waals surface area contributed by atoms with Gasteiger partial charge in [-0.3, -0.25) is 9.59 Å². The van der Waals surface area contributed by atoms with E-state index in [0.29, 0.717) is 17.8 Å². The predicted molar refractivity (Wildman–Crippen MR) is 118 cm³/mol. The van der Waals surface area contributed by atoms with Crippen LogP contribution in [-0.4, -0.2) is 25.5 Å². The lowest BCUT2D eigenvalue weighted by Gasteiger charge is -2.30. The van der Waals surface area contributed by atoms with Crippen molar-refractivity contribution < 1.29 is 14.3 Å². The molecule has 0 spiro atoms. The number of amides is 2. The zero-order chi connectivity index (χ0) is 20.9. The molecular weight excluding hydrogens is 376 g/mol. The number of benzene rings is 3. The maximum atomic E-state index is 13.0. The number of aryl methyl sites for hydroxylation is 1. The molecule has 1 aliphatic heterocycles. The van der Waals surface area contributed by atoms with Crippen molar-refractivity contribution in [1.29, 1.82) is 0 Å². The zero-order valence-corrected chi connectivity index (χ0v) is 16.9. The molecule has 0 radical (unpaired) electrons. The van der Waals surface area contributed by atoms with E-state index in [0.717, 1.165) is 35.4 Å². The number of hydrogen-bond acceptors (Lipinski definition) is 3. The number of carbonyl (C=O) groups excluding carboxylic acids is 2. The molecule has 1 heterocycles. The average molecular weight is 400 g/mol. The van der Waals surface area contributed by atoms with E-state index in [-0.39, 0.29) is 18.2 Å². The minimum Gasteiger partial charge on any atom is -0.497 e. The first-order valence-electron chi connectivity index (χ1n) is 10.1. The fraction of sp³-hybridized carbons (Fsp3) is 0.200. The van der Waals surface area contributed by atoms with Gasteiger partial charge < -0.3 is 15.0 Å². The number of nitrogens with one attached hydrogen (secondary N) is 1. The van der Waals surface area contributed by atoms with Crippen LogP contribution in [0.25, 0.3) is 0 Å². The molecule has 0 aliphatic carbocycles. The summed E-state index contributed by atoms with van der Waals surface area (Å²) in [6.07, 6.45) is 2.10. The SMILES string of the molecule is COc1cccc(CC(=O)Nc2ccc3c(c2)N(C(=O)c2ccccc2)CCC3)c1. The second kappa shape index (κ2) is 8.82. The molecule has 0 unspecified atom stereocenters. The van der Waals surface area contributed by atoms with Crippen LogP contribution in [-0.2, 0) is 17.6 Å². The summed E-state index contributed by atoms with van der Waals surface area (Å²) >= 11 is 0. The van der Waals surface area contributed by atoms with Gasteiger partial charge in [-0.1, -0.05) is 36.4 Å². The molecule has 4 rings (SSSR count). The van der Waals surface area contributed by atoms with Gasteiger partial charge in [-0.05, 0) is 60.4 Å². The van der Waals surface area contributed by atoms with Gasteiger partial charge in [0, 0.05) is 23.5 Å². The minimum atomic E-state index is -0.111. The highest BCUT2D eigenvalue weighted by Crippen LogP contribution is 2.31. The highest BCUT2D eigenvalue weighted by atomic mass is 16.5. The van der Waals surface area contributed by atoms with Crippen molar-refractivity contribution in [3.05, 3.63) is 89.5 Å². The van der Waals surface area contributed by atoms with Crippen LogP contribution in [0.5, 0.6) is 5.75 Å². The fourth-order valence-corrected chi connectivity index (χ4v) is 3.77. The van der Waals surface area contributed by atoms with E-state index in [1.807, 2.05) is 77.7 Å². The van der Waals surface area contributed by atoms with Crippen LogP contribution in [0, 0.1) is 0 Å². The largest absolute Gasteiger partial charge is 0.497 e. The number of anilines is 2. The molecule has 152 valence electrons. The maximum Gasteiger partial charge on any atom is 0.258 e. The summed E-state index contributed by atoms with van der Waals surface area (Å²) in [5.74, 6) is 0.598. The Morgan fingerprint density at radius 2 is 1.83 bits per heavy atom. The summed E-state index contributed by atoms with van der Waals surface area (Å²) in [5.41, 5.74) is 4.23. The first-order chi connectivity index (χ1) is 14.6. The smallest absolute Gasteiger partial charge is 0.258 e. The summed E-state index contributed by atoms with van der Waals surface area (Å²) in [5, 5.41) is 2.96. The Morgan fingerprint density at radius 1 is 1.00 bits per heavy atom. The molecule has 3 aromatic rings. The standard InChI is InChI=1S/C25H24N2O3/c1-30-22-11-5-7-18(15-22)16-24(28)26-21-13-12-19-10-6-14-27(23(19)17-21)25(29)20-8-3-2-4-9-20/h2-5,7-9,11-13,15,17H,6,10,14,16H2,1H3,(H,26,28). The predicted octanol–water partition coefficient (Wildman–Crippen LogP) is 4.47. The lowest BCUT2D eigenvalue weighted by Crippen LogP contribution is -2.35. The summed E-state index contributed by atoms with van der Waals surface area (Å²) in [6.45, 7) is 0.669. The van der Waals surface area contributed by atoms with Crippen LogP contribution in [0.1, 0.15) is 27.9 Å². The molecule has 1 N–H and O–H groups in total. The molecule has 30 heavy (non-hydrogen) atoms. The minimum absolute atomic E-state index is 0.0172. The third-order valence-corrected chi connectivity index (χ3v) is 5.25. The number of fused-ring (bicyclic) bond motifs is 1. The van der Waals surface area contributed by atoms with Gasteiger partial charge >= 0.3 is 0 Å². The summed E-state index contributed by atoms with van der Waals surface area (Å²) in [4.78, 5) is 27.4. The monoisotopic (exact) mass is 400 g/mol. The highest BCUT2D eigenvalue weighted by Gasteiger charge is 2.24. The highest BCUT2D eigenvalue weighted by molar-refractivity contribution is 6.07. The number of rotatable bonds is 5. The third kappa shape index (κ3) is 4.35. The Bertz CT molecular complexity index is 1060. The lowest BCUT2D eigenvalue weighted by atomic mass is 10.00. The summed E-state index contributed by atoms with van der Waals surface area (Å²) in [7, 11) is 1.61. The van der Waals surface area contributed by atoms with Gasteiger partial charge in [0.1, 0.15) is 5.75 Å². The molecule has 0 saturated heterocycles. The molecule has 3 aromatic carbocycles. The third-order valence-electron chi connectivity index (χ3n) is 5.25. The first-order valence-corrected chi connectivity index (χ1v) is 10.1. The van der Waals surface area contributed by atoms with Gasteiger partial charge in [0.2, 0.25) is 5.91 Å². The van der Waals surface area contributed by atoms with Crippen molar-refractivity contribution in [2.45, 2.75) is 19.3 Å². The molecule has 5 heteroatoms. The molecule has 0 bridgehead atoms. The summed E-state index contributed by atoms with van der Waals surface area (Å²) < 4.78 is 5.22. The number of carbonyl (C=O) groups is 2. The maximum absolute atomic E-state index is 13.0. The quantitative estimate of drug-likeness (QED) is 0.687. The number of ether oxygens (including phenoxy) is 1. The van der Waals surface area contributed by atoms with E-state index in [4.69, 9.17) is 4.74 Å². The van der Waals surface area contributed by atoms with Gasteiger partial charge in [0.05, 0.1) is 13.5 Å². The van der Waals surface area contributed by atoms with Gasteiger partial charge in [-0.15, -0.1) is 0 Å². The Balaban J connectivity index is 1.52. The van der Waals surface area contributed by atoms with Crippen molar-refractivity contribution in [3.8, 4) is 5.75 Å². The Labute approximate surface area is 176 Å². The Hall–Kier alpha value is -3.60. The van der Waals surface area contributed by atoms with Crippen LogP contribution in [0.2, 0.25) is 0 Å². The van der Waals surface area contributed by atoms with Crippen LogP contribution >= 0.6 is 0 Å². The van der Waals surface area contributed by atoms with Gasteiger partial charge in [0.15, 0.2) is 0 Å². The van der Waals surface area contributed by atoms with E-state index < -0.39 is 0 Å². The normalized spacial score (nSPS) is 12.8. The number of nitrogens with zero attached hydrogens (tertiary/aromatic N) is 1. The lowest BCUT2D eigenvalue weighted by molar-refractivity contribution is -0.115. The van der Waals surface area contributed by atoms with Crippen molar-refractivity contribution in [3.63, 3.8) is 0 Å². The Kier molecular flexibility index (Phi) is 5.80. The van der Waals surface area contributed by atoms with Crippen LogP contribution < -0.4 is 15.0 Å². The van der Waals surface area contributed by atoms with Gasteiger partial charge in [-0.2, -0.15) is 0 Å². The fourth-order valence-electron chi connectivity index (χ4n) is 3.77. The van der Waals surface area contributed by atoms with Gasteiger partial charge in [-0.25, -0.2) is 0 Å². The van der Waals surface area contributed by atoms with E-state index in [9.17, 15) is 9.59 Å². The number of hydrogen-bond donors (Lipinski definition) is 1. The van der Waals surface area contributed by atoms with Crippen molar-refractivity contribution in [2.24, 2.45) is 0 Å². The van der Waals surface area contributed by atoms with E-state index >= 15 is 0 Å². The van der Waals surface area contributed by atoms with Crippen LogP contribution in [0.3, 0.4) is 0 Å². The summed E-state index contributed by atoms with van der Waals surface area (Å²) in [6, 6.07) is 22.6. The average Bonchev–Trinajstić information content (AvgIpc) is 2.79. The van der Waals surface area contributed by atoms with E-state index in [1.165, 1.54) is 0 Å². The second-order valence-corrected chi connectivity index (χ2v) is 7.35.